The van der Waals surface area contributed by atoms with Crippen molar-refractivity contribution in [2.24, 2.45) is 0 Å². The van der Waals surface area contributed by atoms with Crippen molar-refractivity contribution in [2.75, 3.05) is 28.4 Å². The number of carbonyl (C=O) groups excluding carboxylic acids is 2. The molecule has 0 atom stereocenters. The second-order valence-corrected chi connectivity index (χ2v) is 5.82. The van der Waals surface area contributed by atoms with Gasteiger partial charge >= 0.3 is 0 Å². The van der Waals surface area contributed by atoms with Gasteiger partial charge in [-0.1, -0.05) is 11.6 Å². The van der Waals surface area contributed by atoms with Crippen molar-refractivity contribution >= 4 is 23.2 Å². The Morgan fingerprint density at radius 2 is 1.52 bits per heavy atom. The molecule has 144 valence electrons. The van der Waals surface area contributed by atoms with E-state index in [1.54, 1.807) is 6.07 Å². The van der Waals surface area contributed by atoms with E-state index in [9.17, 15) is 14.7 Å². The highest BCUT2D eigenvalue weighted by Crippen LogP contribution is 2.44. The number of Topliss-reactive ketones (excluding diaryl/α,β-unsaturated/α-hetero) is 2. The summed E-state index contributed by atoms with van der Waals surface area (Å²) in [6, 6.07) is 5.82. The van der Waals surface area contributed by atoms with Crippen molar-refractivity contribution < 1.29 is 33.6 Å². The van der Waals surface area contributed by atoms with E-state index in [2.05, 4.69) is 0 Å². The van der Waals surface area contributed by atoms with Gasteiger partial charge in [0.15, 0.2) is 34.6 Å². The molecular weight excluding hydrogens is 376 g/mol. The third-order valence-corrected chi connectivity index (χ3v) is 4.18. The number of phenolic OH excluding ortho intramolecular Hbond substituents is 1. The van der Waals surface area contributed by atoms with E-state index in [4.69, 9.17) is 30.5 Å². The summed E-state index contributed by atoms with van der Waals surface area (Å²) in [6.45, 7) is 0. The Morgan fingerprint density at radius 1 is 0.889 bits per heavy atom. The molecule has 2 aromatic rings. The Balaban J connectivity index is 2.32. The Kier molecular flexibility index (Phi) is 6.52. The average molecular weight is 395 g/mol. The van der Waals surface area contributed by atoms with Crippen LogP contribution < -0.4 is 18.9 Å². The van der Waals surface area contributed by atoms with Gasteiger partial charge in [0.05, 0.1) is 45.4 Å². The fourth-order valence-corrected chi connectivity index (χ4v) is 2.82. The maximum absolute atomic E-state index is 12.6. The fourth-order valence-electron chi connectivity index (χ4n) is 2.54. The van der Waals surface area contributed by atoms with Gasteiger partial charge in [0.25, 0.3) is 0 Å². The fraction of sp³-hybridized carbons (Fsp3) is 0.263. The molecule has 0 saturated carbocycles. The lowest BCUT2D eigenvalue weighted by molar-refractivity contribution is 0.0892. The summed E-state index contributed by atoms with van der Waals surface area (Å²) in [6.07, 6.45) is -0.477. The minimum Gasteiger partial charge on any atom is -0.504 e. The Morgan fingerprint density at radius 3 is 2.07 bits per heavy atom. The Bertz CT molecular complexity index is 877. The number of hydrogen-bond donors (Lipinski definition) is 1. The van der Waals surface area contributed by atoms with Gasteiger partial charge < -0.3 is 24.1 Å². The summed E-state index contributed by atoms with van der Waals surface area (Å²) >= 11 is 6.07. The molecule has 8 heteroatoms. The lowest BCUT2D eigenvalue weighted by Crippen LogP contribution is -2.10. The molecular formula is C19H19ClO7. The van der Waals surface area contributed by atoms with Crippen LogP contribution in [0.3, 0.4) is 0 Å². The van der Waals surface area contributed by atoms with Gasteiger partial charge in [0, 0.05) is 5.56 Å². The Labute approximate surface area is 161 Å². The molecule has 2 rings (SSSR count). The molecule has 0 aliphatic rings. The zero-order valence-corrected chi connectivity index (χ0v) is 16.0. The van der Waals surface area contributed by atoms with E-state index < -0.39 is 23.7 Å². The second kappa shape index (κ2) is 8.64. The molecule has 0 aromatic heterocycles. The first-order chi connectivity index (χ1) is 12.9. The highest BCUT2D eigenvalue weighted by molar-refractivity contribution is 6.33. The van der Waals surface area contributed by atoms with Gasteiger partial charge in [-0.3, -0.25) is 9.59 Å². The van der Waals surface area contributed by atoms with Crippen LogP contribution in [0.1, 0.15) is 27.1 Å². The number of rotatable bonds is 8. The van der Waals surface area contributed by atoms with Gasteiger partial charge in [0.1, 0.15) is 0 Å². The van der Waals surface area contributed by atoms with Crippen molar-refractivity contribution in [1.29, 1.82) is 0 Å². The molecule has 0 unspecified atom stereocenters. The van der Waals surface area contributed by atoms with Crippen molar-refractivity contribution in [2.45, 2.75) is 6.42 Å². The predicted octanol–water partition coefficient (Wildman–Crippen LogP) is 3.54. The standard InChI is InChI=1S/C19H19ClO7/c1-24-15-6-5-10(7-16(15)25-2)13(21)9-14(22)11-8-12(20)18(26-3)19(27-4)17(11)23/h5-8,23H,9H2,1-4H3. The third kappa shape index (κ3) is 4.09. The van der Waals surface area contributed by atoms with E-state index in [-0.39, 0.29) is 27.6 Å². The first kappa shape index (κ1) is 20.4. The van der Waals surface area contributed by atoms with Crippen LogP contribution in [-0.2, 0) is 0 Å². The summed E-state index contributed by atoms with van der Waals surface area (Å²) in [5.41, 5.74) is 0.138. The molecule has 0 bridgehead atoms. The zero-order chi connectivity index (χ0) is 20.1. The zero-order valence-electron chi connectivity index (χ0n) is 15.3. The molecule has 1 N–H and O–H groups in total. The molecule has 7 nitrogen and oxygen atoms in total. The van der Waals surface area contributed by atoms with Gasteiger partial charge in [-0.05, 0) is 24.3 Å². The summed E-state index contributed by atoms with van der Waals surface area (Å²) < 4.78 is 20.4. The molecule has 0 fully saturated rings. The van der Waals surface area contributed by atoms with E-state index in [0.717, 1.165) is 0 Å². The highest BCUT2D eigenvalue weighted by Gasteiger charge is 2.24. The van der Waals surface area contributed by atoms with Gasteiger partial charge in [-0.2, -0.15) is 0 Å². The molecule has 0 heterocycles. The van der Waals surface area contributed by atoms with Crippen molar-refractivity contribution in [3.8, 4) is 28.7 Å². The molecule has 0 amide bonds. The van der Waals surface area contributed by atoms with Crippen LogP contribution in [0.15, 0.2) is 24.3 Å². The highest BCUT2D eigenvalue weighted by atomic mass is 35.5. The Hall–Kier alpha value is -2.93. The molecule has 0 aliphatic heterocycles. The predicted molar refractivity (Wildman–Crippen MR) is 99.0 cm³/mol. The molecule has 0 saturated heterocycles. The maximum atomic E-state index is 12.6. The number of ketones is 2. The third-order valence-electron chi connectivity index (χ3n) is 3.90. The summed E-state index contributed by atoms with van der Waals surface area (Å²) in [4.78, 5) is 25.0. The van der Waals surface area contributed by atoms with Gasteiger partial charge in [0.2, 0.25) is 5.75 Å². The number of benzene rings is 2. The molecule has 0 aliphatic carbocycles. The lowest BCUT2D eigenvalue weighted by atomic mass is 10.00. The average Bonchev–Trinajstić information content (AvgIpc) is 2.68. The quantitative estimate of drug-likeness (QED) is 0.540. The van der Waals surface area contributed by atoms with Crippen molar-refractivity contribution in [1.82, 2.24) is 0 Å². The van der Waals surface area contributed by atoms with Crippen LogP contribution in [0.4, 0.5) is 0 Å². The number of phenols is 1. The van der Waals surface area contributed by atoms with E-state index in [1.807, 2.05) is 0 Å². The van der Waals surface area contributed by atoms with Crippen molar-refractivity contribution in [3.05, 3.63) is 40.4 Å². The SMILES string of the molecule is COc1ccc(C(=O)CC(=O)c2cc(Cl)c(OC)c(OC)c2O)cc1OC. The molecule has 27 heavy (non-hydrogen) atoms. The van der Waals surface area contributed by atoms with E-state index in [1.165, 1.54) is 46.6 Å². The van der Waals surface area contributed by atoms with Crippen LogP contribution in [0, 0.1) is 0 Å². The number of methoxy groups -OCH3 is 4. The molecule has 2 aromatic carbocycles. The van der Waals surface area contributed by atoms with Crippen LogP contribution >= 0.6 is 11.6 Å². The number of aromatic hydroxyl groups is 1. The summed E-state index contributed by atoms with van der Waals surface area (Å²) in [5, 5.41) is 10.4. The smallest absolute Gasteiger partial charge is 0.205 e. The number of ether oxygens (including phenoxy) is 4. The first-order valence-electron chi connectivity index (χ1n) is 7.79. The van der Waals surface area contributed by atoms with Gasteiger partial charge in [-0.15, -0.1) is 0 Å². The van der Waals surface area contributed by atoms with Crippen molar-refractivity contribution in [3.63, 3.8) is 0 Å². The van der Waals surface area contributed by atoms with Crippen LogP contribution in [0.2, 0.25) is 5.02 Å². The number of carbonyl (C=O) groups is 2. The minimum atomic E-state index is -0.616. The van der Waals surface area contributed by atoms with Crippen LogP contribution in [-0.4, -0.2) is 45.1 Å². The monoisotopic (exact) mass is 394 g/mol. The first-order valence-corrected chi connectivity index (χ1v) is 8.17. The minimum absolute atomic E-state index is 0.0769. The van der Waals surface area contributed by atoms with Gasteiger partial charge in [-0.25, -0.2) is 0 Å². The van der Waals surface area contributed by atoms with Crippen LogP contribution in [0.5, 0.6) is 28.7 Å². The second-order valence-electron chi connectivity index (χ2n) is 5.41. The number of hydrogen-bond acceptors (Lipinski definition) is 7. The largest absolute Gasteiger partial charge is 0.504 e. The maximum Gasteiger partial charge on any atom is 0.205 e. The van der Waals surface area contributed by atoms with E-state index in [0.29, 0.717) is 11.5 Å². The lowest BCUT2D eigenvalue weighted by Gasteiger charge is -2.14. The normalized spacial score (nSPS) is 10.3. The van der Waals surface area contributed by atoms with E-state index >= 15 is 0 Å². The molecule has 0 radical (unpaired) electrons. The molecule has 0 spiro atoms. The summed E-state index contributed by atoms with van der Waals surface area (Å²) in [7, 11) is 5.58. The topological polar surface area (TPSA) is 91.3 Å². The van der Waals surface area contributed by atoms with Crippen LogP contribution in [0.25, 0.3) is 0 Å². The number of halogens is 1. The summed E-state index contributed by atoms with van der Waals surface area (Å²) in [5.74, 6) is -0.658.